The van der Waals surface area contributed by atoms with Crippen LogP contribution in [0.25, 0.3) is 11.1 Å². The van der Waals surface area contributed by atoms with E-state index in [1.165, 1.54) is 18.3 Å². The molecule has 0 saturated carbocycles. The number of aryl methyl sites for hydroxylation is 1. The number of nitrogens with zero attached hydrogens (tertiary/aromatic N) is 1. The summed E-state index contributed by atoms with van der Waals surface area (Å²) in [5, 5.41) is 9.31. The van der Waals surface area contributed by atoms with Crippen LogP contribution in [-0.4, -0.2) is 10.1 Å². The zero-order valence-electron chi connectivity index (χ0n) is 8.24. The van der Waals surface area contributed by atoms with Crippen LogP contribution in [-0.2, 0) is 0 Å². The number of benzene rings is 1. The lowest BCUT2D eigenvalue weighted by Crippen LogP contribution is -1.87. The van der Waals surface area contributed by atoms with Crippen LogP contribution < -0.4 is 0 Å². The number of aromatic nitrogens is 1. The molecule has 0 atom stereocenters. The van der Waals surface area contributed by atoms with Crippen LogP contribution in [0.4, 0.5) is 4.39 Å². The first-order chi connectivity index (χ1) is 7.16. The fourth-order valence-electron chi connectivity index (χ4n) is 1.47. The molecular weight excluding hydrogens is 193 g/mol. The molecule has 3 heteroatoms. The molecule has 15 heavy (non-hydrogen) atoms. The van der Waals surface area contributed by atoms with Gasteiger partial charge in [-0.2, -0.15) is 0 Å². The molecule has 0 fully saturated rings. The Balaban J connectivity index is 2.58. The lowest BCUT2D eigenvalue weighted by Gasteiger charge is -2.05. The van der Waals surface area contributed by atoms with Gasteiger partial charge in [0.15, 0.2) is 0 Å². The van der Waals surface area contributed by atoms with Crippen molar-refractivity contribution < 1.29 is 9.50 Å². The van der Waals surface area contributed by atoms with Gasteiger partial charge >= 0.3 is 0 Å². The predicted octanol–water partition coefficient (Wildman–Crippen LogP) is 2.90. The summed E-state index contributed by atoms with van der Waals surface area (Å²) in [6.07, 6.45) is 1.37. The van der Waals surface area contributed by atoms with Crippen LogP contribution in [0, 0.1) is 12.7 Å². The molecule has 1 N–H and O–H groups in total. The third-order valence-electron chi connectivity index (χ3n) is 2.21. The van der Waals surface area contributed by atoms with Crippen molar-refractivity contribution in [3.05, 3.63) is 48.0 Å². The highest BCUT2D eigenvalue weighted by atomic mass is 19.1. The largest absolute Gasteiger partial charge is 0.506 e. The van der Waals surface area contributed by atoms with E-state index in [1.807, 2.05) is 6.92 Å². The fourth-order valence-corrected chi connectivity index (χ4v) is 1.47. The lowest BCUT2D eigenvalue weighted by molar-refractivity contribution is 0.472. The summed E-state index contributed by atoms with van der Waals surface area (Å²) in [5.74, 6) is -0.213. The Morgan fingerprint density at radius 2 is 2.07 bits per heavy atom. The van der Waals surface area contributed by atoms with Gasteiger partial charge in [0.2, 0.25) is 0 Å². The van der Waals surface area contributed by atoms with Crippen molar-refractivity contribution in [2.75, 3.05) is 0 Å². The third kappa shape index (κ3) is 1.96. The van der Waals surface area contributed by atoms with Gasteiger partial charge in [-0.1, -0.05) is 12.1 Å². The molecule has 0 amide bonds. The quantitative estimate of drug-likeness (QED) is 0.773. The van der Waals surface area contributed by atoms with E-state index in [1.54, 1.807) is 18.2 Å². The maximum Gasteiger partial charge on any atom is 0.134 e. The second kappa shape index (κ2) is 3.69. The Labute approximate surface area is 87.0 Å². The topological polar surface area (TPSA) is 33.1 Å². The van der Waals surface area contributed by atoms with E-state index < -0.39 is 0 Å². The smallest absolute Gasteiger partial charge is 0.134 e. The van der Waals surface area contributed by atoms with E-state index in [2.05, 4.69) is 4.98 Å². The van der Waals surface area contributed by atoms with Crippen molar-refractivity contribution in [1.82, 2.24) is 4.98 Å². The van der Waals surface area contributed by atoms with Crippen molar-refractivity contribution >= 4 is 0 Å². The van der Waals surface area contributed by atoms with E-state index in [4.69, 9.17) is 0 Å². The van der Waals surface area contributed by atoms with Crippen LogP contribution in [0.15, 0.2) is 36.5 Å². The highest BCUT2D eigenvalue weighted by Crippen LogP contribution is 2.25. The zero-order valence-corrected chi connectivity index (χ0v) is 8.24. The summed E-state index contributed by atoms with van der Waals surface area (Å²) in [6, 6.07) is 7.80. The van der Waals surface area contributed by atoms with Gasteiger partial charge in [0, 0.05) is 11.3 Å². The molecule has 0 spiro atoms. The molecule has 76 valence electrons. The van der Waals surface area contributed by atoms with Gasteiger partial charge in [-0.05, 0) is 30.7 Å². The van der Waals surface area contributed by atoms with Crippen LogP contribution in [0.3, 0.4) is 0 Å². The molecule has 1 aromatic heterocycles. The average Bonchev–Trinajstić information content (AvgIpc) is 2.22. The first-order valence-electron chi connectivity index (χ1n) is 4.58. The zero-order chi connectivity index (χ0) is 10.8. The maximum atomic E-state index is 13.0. The van der Waals surface area contributed by atoms with E-state index in [9.17, 15) is 9.50 Å². The third-order valence-corrected chi connectivity index (χ3v) is 2.21. The summed E-state index contributed by atoms with van der Waals surface area (Å²) in [7, 11) is 0. The Kier molecular flexibility index (Phi) is 2.37. The number of aromatic hydroxyl groups is 1. The fraction of sp³-hybridized carbons (Fsp3) is 0.0833. The van der Waals surface area contributed by atoms with Crippen molar-refractivity contribution in [3.63, 3.8) is 0 Å². The van der Waals surface area contributed by atoms with E-state index in [0.717, 1.165) is 16.8 Å². The SMILES string of the molecule is Cc1ncc(O)cc1-c1cccc(F)c1. The Hall–Kier alpha value is -1.90. The van der Waals surface area contributed by atoms with E-state index >= 15 is 0 Å². The van der Waals surface area contributed by atoms with Crippen LogP contribution >= 0.6 is 0 Å². The molecule has 0 unspecified atom stereocenters. The van der Waals surface area contributed by atoms with E-state index in [0.29, 0.717) is 0 Å². The van der Waals surface area contributed by atoms with Gasteiger partial charge in [0.1, 0.15) is 11.6 Å². The van der Waals surface area contributed by atoms with Crippen molar-refractivity contribution in [2.24, 2.45) is 0 Å². The summed E-state index contributed by atoms with van der Waals surface area (Å²) in [5.41, 5.74) is 2.23. The van der Waals surface area contributed by atoms with Gasteiger partial charge in [-0.3, -0.25) is 4.98 Å². The van der Waals surface area contributed by atoms with Crippen LogP contribution in [0.1, 0.15) is 5.69 Å². The highest BCUT2D eigenvalue weighted by molar-refractivity contribution is 5.66. The summed E-state index contributed by atoms with van der Waals surface area (Å²) < 4.78 is 13.0. The molecule has 2 aromatic rings. The monoisotopic (exact) mass is 203 g/mol. The highest BCUT2D eigenvalue weighted by Gasteiger charge is 2.04. The molecule has 0 aliphatic heterocycles. The second-order valence-corrected chi connectivity index (χ2v) is 3.34. The molecule has 0 radical (unpaired) electrons. The molecule has 1 aromatic carbocycles. The van der Waals surface area contributed by atoms with Crippen molar-refractivity contribution in [1.29, 1.82) is 0 Å². The van der Waals surface area contributed by atoms with Gasteiger partial charge in [-0.25, -0.2) is 4.39 Å². The molecular formula is C12H10FNO. The van der Waals surface area contributed by atoms with Gasteiger partial charge in [0.25, 0.3) is 0 Å². The van der Waals surface area contributed by atoms with Crippen LogP contribution in [0.5, 0.6) is 5.75 Å². The number of halogens is 1. The predicted molar refractivity (Wildman–Crippen MR) is 56.0 cm³/mol. The van der Waals surface area contributed by atoms with Crippen LogP contribution in [0.2, 0.25) is 0 Å². The Morgan fingerprint density at radius 3 is 2.80 bits per heavy atom. The van der Waals surface area contributed by atoms with Gasteiger partial charge in [-0.15, -0.1) is 0 Å². The number of hydrogen-bond acceptors (Lipinski definition) is 2. The normalized spacial score (nSPS) is 10.3. The lowest BCUT2D eigenvalue weighted by atomic mass is 10.0. The van der Waals surface area contributed by atoms with Gasteiger partial charge in [0.05, 0.1) is 6.20 Å². The van der Waals surface area contributed by atoms with E-state index in [-0.39, 0.29) is 11.6 Å². The molecule has 0 aliphatic rings. The molecule has 0 saturated heterocycles. The summed E-state index contributed by atoms with van der Waals surface area (Å²) >= 11 is 0. The summed E-state index contributed by atoms with van der Waals surface area (Å²) in [4.78, 5) is 4.01. The standard InChI is InChI=1S/C12H10FNO/c1-8-12(6-11(15)7-14-8)9-3-2-4-10(13)5-9/h2-7,15H,1H3. The molecule has 1 heterocycles. The molecule has 0 bridgehead atoms. The number of hydrogen-bond donors (Lipinski definition) is 1. The summed E-state index contributed by atoms with van der Waals surface area (Å²) in [6.45, 7) is 1.82. The minimum absolute atomic E-state index is 0.0832. The maximum absolute atomic E-state index is 13.0. The van der Waals surface area contributed by atoms with Crippen molar-refractivity contribution in [2.45, 2.75) is 6.92 Å². The molecule has 2 nitrogen and oxygen atoms in total. The molecule has 0 aliphatic carbocycles. The first kappa shape index (κ1) is 9.65. The Morgan fingerprint density at radius 1 is 1.27 bits per heavy atom. The first-order valence-corrected chi connectivity index (χ1v) is 4.58. The number of pyridine rings is 1. The molecule has 2 rings (SSSR count). The Bertz CT molecular complexity index is 497. The average molecular weight is 203 g/mol. The number of rotatable bonds is 1. The minimum Gasteiger partial charge on any atom is -0.506 e. The minimum atomic E-state index is -0.296. The van der Waals surface area contributed by atoms with Gasteiger partial charge < -0.3 is 5.11 Å². The second-order valence-electron chi connectivity index (χ2n) is 3.34. The van der Waals surface area contributed by atoms with Crippen molar-refractivity contribution in [3.8, 4) is 16.9 Å².